The molecule has 0 bridgehead atoms. The summed E-state index contributed by atoms with van der Waals surface area (Å²) in [5, 5.41) is 2.66. The summed E-state index contributed by atoms with van der Waals surface area (Å²) in [4.78, 5) is 25.2. The van der Waals surface area contributed by atoms with E-state index in [1.165, 1.54) is 0 Å². The van der Waals surface area contributed by atoms with Gasteiger partial charge >= 0.3 is 12.1 Å². The van der Waals surface area contributed by atoms with E-state index in [2.05, 4.69) is 50.5 Å². The summed E-state index contributed by atoms with van der Waals surface area (Å²) in [5.41, 5.74) is 1.04. The summed E-state index contributed by atoms with van der Waals surface area (Å²) in [6, 6.07) is 8.64. The van der Waals surface area contributed by atoms with Crippen molar-refractivity contribution in [1.82, 2.24) is 5.32 Å². The topological polar surface area (TPSA) is 108 Å². The predicted octanol–water partition coefficient (Wildman–Crippen LogP) is 5.15. The maximum absolute atomic E-state index is 12.8. The third kappa shape index (κ3) is 9.12. The zero-order valence-electron chi connectivity index (χ0n) is 21.7. The van der Waals surface area contributed by atoms with Gasteiger partial charge in [-0.25, -0.2) is 9.59 Å². The van der Waals surface area contributed by atoms with E-state index in [1.807, 2.05) is 37.3 Å². The number of hydrogen-bond acceptors (Lipinski definition) is 8. The highest BCUT2D eigenvalue weighted by Crippen LogP contribution is 2.34. The molecule has 9 nitrogen and oxygen atoms in total. The molecule has 2 aliphatic rings. The number of amides is 1. The largest absolute Gasteiger partial charge is 0.490 e. The van der Waals surface area contributed by atoms with Crippen LogP contribution >= 0.6 is 45.2 Å². The Kier molecular flexibility index (Phi) is 9.63. The van der Waals surface area contributed by atoms with Gasteiger partial charge in [0.15, 0.2) is 0 Å². The molecule has 4 rings (SSSR count). The van der Waals surface area contributed by atoms with Crippen molar-refractivity contribution in [2.45, 2.75) is 58.0 Å². The molecule has 1 N–H and O–H groups in total. The van der Waals surface area contributed by atoms with Gasteiger partial charge in [0.05, 0.1) is 20.4 Å². The van der Waals surface area contributed by atoms with Gasteiger partial charge in [-0.15, -0.1) is 0 Å². The van der Waals surface area contributed by atoms with Crippen LogP contribution in [0.5, 0.6) is 17.2 Å². The van der Waals surface area contributed by atoms with E-state index in [4.69, 9.17) is 28.4 Å². The van der Waals surface area contributed by atoms with Crippen molar-refractivity contribution in [2.24, 2.45) is 0 Å². The first-order valence-electron chi connectivity index (χ1n) is 12.3. The molecule has 2 aromatic carbocycles. The fourth-order valence-corrected chi connectivity index (χ4v) is 5.07. The molecule has 0 aromatic heterocycles. The Morgan fingerprint density at radius 2 is 1.74 bits per heavy atom. The van der Waals surface area contributed by atoms with Crippen LogP contribution in [0.2, 0.25) is 0 Å². The second-order valence-corrected chi connectivity index (χ2v) is 12.5. The van der Waals surface area contributed by atoms with Gasteiger partial charge in [-0.05, 0) is 108 Å². The van der Waals surface area contributed by atoms with E-state index in [0.717, 1.165) is 36.4 Å². The van der Waals surface area contributed by atoms with Gasteiger partial charge < -0.3 is 33.7 Å². The molecule has 0 spiro atoms. The molecule has 2 unspecified atom stereocenters. The molecule has 11 heteroatoms. The average Bonchev–Trinajstić information content (AvgIpc) is 3.73. The first-order chi connectivity index (χ1) is 18.0. The standard InChI is InChI=1S/C27H31I2NO8/c1-15-7-16(9-22(25(31)36-14-19-12-34-19)30-26(32)38-27(2,3)4)8-21(29)24(15)37-17-5-6-23(20(28)10-17)35-13-18-11-33-18/h5-8,10,18-19,22H,9,11-14H2,1-4H3,(H,30,32)/t18?,19?,22-/m0/s1. The fraction of sp³-hybridized carbons (Fsp3) is 0.481. The molecule has 0 saturated carbocycles. The quantitative estimate of drug-likeness (QED) is 0.191. The van der Waals surface area contributed by atoms with E-state index in [1.54, 1.807) is 20.8 Å². The van der Waals surface area contributed by atoms with Crippen molar-refractivity contribution in [2.75, 3.05) is 26.4 Å². The smallest absolute Gasteiger partial charge is 0.408 e. The minimum absolute atomic E-state index is 0.0725. The predicted molar refractivity (Wildman–Crippen MR) is 156 cm³/mol. The lowest BCUT2D eigenvalue weighted by molar-refractivity contribution is -0.146. The number of hydrogen-bond donors (Lipinski definition) is 1. The van der Waals surface area contributed by atoms with Crippen LogP contribution in [-0.4, -0.2) is 62.3 Å². The zero-order chi connectivity index (χ0) is 27.4. The second kappa shape index (κ2) is 12.6. The molecular weight excluding hydrogens is 720 g/mol. The summed E-state index contributed by atoms with van der Waals surface area (Å²) in [6.45, 7) is 9.25. The summed E-state index contributed by atoms with van der Waals surface area (Å²) in [6.07, 6.45) is -0.329. The van der Waals surface area contributed by atoms with E-state index in [9.17, 15) is 9.59 Å². The Morgan fingerprint density at radius 3 is 2.34 bits per heavy atom. The van der Waals surface area contributed by atoms with Crippen LogP contribution in [0.4, 0.5) is 4.79 Å². The molecule has 0 radical (unpaired) electrons. The third-order valence-corrected chi connectivity index (χ3v) is 7.11. The van der Waals surface area contributed by atoms with Crippen LogP contribution < -0.4 is 14.8 Å². The van der Waals surface area contributed by atoms with Crippen LogP contribution in [0, 0.1) is 14.1 Å². The van der Waals surface area contributed by atoms with Gasteiger partial charge in [0, 0.05) is 6.42 Å². The van der Waals surface area contributed by atoms with Crippen molar-refractivity contribution in [3.05, 3.63) is 48.6 Å². The second-order valence-electron chi connectivity index (χ2n) is 10.2. The Bertz CT molecular complexity index is 1150. The summed E-state index contributed by atoms with van der Waals surface area (Å²) < 4.78 is 34.9. The number of aryl methyl sites for hydroxylation is 1. The monoisotopic (exact) mass is 751 g/mol. The number of benzene rings is 2. The third-order valence-electron chi connectivity index (χ3n) is 5.47. The van der Waals surface area contributed by atoms with Gasteiger partial charge in [0.1, 0.15) is 54.3 Å². The van der Waals surface area contributed by atoms with Crippen molar-refractivity contribution in [1.29, 1.82) is 0 Å². The summed E-state index contributed by atoms with van der Waals surface area (Å²) in [7, 11) is 0. The van der Waals surface area contributed by atoms with E-state index >= 15 is 0 Å². The number of ether oxygens (including phenoxy) is 6. The maximum Gasteiger partial charge on any atom is 0.408 e. The lowest BCUT2D eigenvalue weighted by atomic mass is 10.0. The SMILES string of the molecule is Cc1cc(C[C@H](NC(=O)OC(C)(C)C)C(=O)OCC2CO2)cc(I)c1Oc1ccc(OCC2CO2)c(I)c1. The minimum atomic E-state index is -0.916. The van der Waals surface area contributed by atoms with E-state index < -0.39 is 23.7 Å². The number of carbonyl (C=O) groups is 2. The van der Waals surface area contributed by atoms with Crippen molar-refractivity contribution in [3.8, 4) is 17.2 Å². The normalized spacial score (nSPS) is 18.8. The molecule has 38 heavy (non-hydrogen) atoms. The van der Waals surface area contributed by atoms with Crippen LogP contribution in [0.15, 0.2) is 30.3 Å². The van der Waals surface area contributed by atoms with Crippen LogP contribution in [-0.2, 0) is 30.2 Å². The van der Waals surface area contributed by atoms with Gasteiger partial charge in [-0.3, -0.25) is 0 Å². The fourth-order valence-electron chi connectivity index (χ4n) is 3.49. The van der Waals surface area contributed by atoms with Gasteiger partial charge in [0.2, 0.25) is 0 Å². The van der Waals surface area contributed by atoms with Gasteiger partial charge in [-0.2, -0.15) is 0 Å². The average molecular weight is 751 g/mol. The molecule has 206 valence electrons. The Labute approximate surface area is 249 Å². The summed E-state index contributed by atoms with van der Waals surface area (Å²) in [5.74, 6) is 1.66. The van der Waals surface area contributed by atoms with Gasteiger partial charge in [-0.1, -0.05) is 6.07 Å². The number of alkyl carbamates (subject to hydrolysis) is 1. The molecule has 2 aliphatic heterocycles. The van der Waals surface area contributed by atoms with Crippen LogP contribution in [0.3, 0.4) is 0 Å². The Balaban J connectivity index is 1.44. The highest BCUT2D eigenvalue weighted by molar-refractivity contribution is 14.1. The Morgan fingerprint density at radius 1 is 1.05 bits per heavy atom. The number of nitrogens with one attached hydrogen (secondary N) is 1. The molecule has 2 heterocycles. The van der Waals surface area contributed by atoms with Crippen molar-refractivity contribution in [3.63, 3.8) is 0 Å². The van der Waals surface area contributed by atoms with E-state index in [-0.39, 0.29) is 25.2 Å². The molecule has 0 aliphatic carbocycles. The number of carbonyl (C=O) groups excluding carboxylic acids is 2. The molecule has 2 saturated heterocycles. The lowest BCUT2D eigenvalue weighted by Crippen LogP contribution is -2.45. The molecule has 3 atom stereocenters. The summed E-state index contributed by atoms with van der Waals surface area (Å²) >= 11 is 4.44. The number of halogens is 2. The highest BCUT2D eigenvalue weighted by atomic mass is 127. The minimum Gasteiger partial charge on any atom is -0.490 e. The zero-order valence-corrected chi connectivity index (χ0v) is 26.0. The molecular formula is C27H31I2NO8. The molecule has 2 aromatic rings. The van der Waals surface area contributed by atoms with Crippen molar-refractivity contribution >= 4 is 57.2 Å². The number of epoxide rings is 2. The van der Waals surface area contributed by atoms with Crippen molar-refractivity contribution < 1.29 is 38.0 Å². The maximum atomic E-state index is 12.8. The molecule has 2 fully saturated rings. The first kappa shape index (κ1) is 29.2. The van der Waals surface area contributed by atoms with E-state index in [0.29, 0.717) is 19.0 Å². The first-order valence-corrected chi connectivity index (χ1v) is 14.4. The molecule has 1 amide bonds. The number of rotatable bonds is 11. The number of esters is 1. The van der Waals surface area contributed by atoms with Crippen LogP contribution in [0.25, 0.3) is 0 Å². The highest BCUT2D eigenvalue weighted by Gasteiger charge is 2.30. The Hall–Kier alpha value is -1.84. The lowest BCUT2D eigenvalue weighted by Gasteiger charge is -2.23. The van der Waals surface area contributed by atoms with Crippen LogP contribution in [0.1, 0.15) is 31.9 Å². The van der Waals surface area contributed by atoms with Gasteiger partial charge in [0.25, 0.3) is 0 Å².